The number of hydrogen-bond donors (Lipinski definition) is 0. The van der Waals surface area contributed by atoms with Gasteiger partial charge < -0.3 is 4.79 Å². The van der Waals surface area contributed by atoms with Gasteiger partial charge in [-0.05, 0) is 0 Å². The van der Waals surface area contributed by atoms with Gasteiger partial charge in [0.05, 0.1) is 0 Å². The van der Waals surface area contributed by atoms with Crippen molar-refractivity contribution in [3.05, 3.63) is 36.5 Å². The summed E-state index contributed by atoms with van der Waals surface area (Å²) in [6, 6.07) is 0. The van der Waals surface area contributed by atoms with E-state index in [-0.39, 0.29) is 11.3 Å². The van der Waals surface area contributed by atoms with Crippen molar-refractivity contribution >= 4 is 6.29 Å². The zero-order valence-corrected chi connectivity index (χ0v) is 7.53. The lowest BCUT2D eigenvalue weighted by molar-refractivity contribution is -0.115. The minimum Gasteiger partial charge on any atom is -0.303 e. The van der Waals surface area contributed by atoms with E-state index in [4.69, 9.17) is 0 Å². The first-order valence-corrected chi connectivity index (χ1v) is 4.15. The lowest BCUT2D eigenvalue weighted by Crippen LogP contribution is -2.22. The average molecular weight is 162 g/mol. The van der Waals surface area contributed by atoms with E-state index in [2.05, 4.69) is 12.2 Å². The number of allylic oxidation sites excluding steroid dienone is 6. The molecule has 0 fully saturated rings. The molecule has 12 heavy (non-hydrogen) atoms. The van der Waals surface area contributed by atoms with Crippen LogP contribution in [0.4, 0.5) is 0 Å². The van der Waals surface area contributed by atoms with E-state index in [0.717, 1.165) is 6.29 Å². The maximum absolute atomic E-state index is 10.7. The Balaban J connectivity index is 2.82. The molecule has 64 valence electrons. The van der Waals surface area contributed by atoms with Gasteiger partial charge in [0.25, 0.3) is 0 Å². The van der Waals surface area contributed by atoms with Gasteiger partial charge in [0, 0.05) is 11.3 Å². The molecule has 0 saturated carbocycles. The van der Waals surface area contributed by atoms with E-state index in [1.807, 2.05) is 38.2 Å². The zero-order chi connectivity index (χ0) is 9.03. The summed E-state index contributed by atoms with van der Waals surface area (Å²) in [7, 11) is 0. The molecule has 0 unspecified atom stereocenters. The molecule has 0 spiro atoms. The van der Waals surface area contributed by atoms with E-state index in [1.54, 1.807) is 0 Å². The number of carbonyl (C=O) groups is 1. The van der Waals surface area contributed by atoms with Crippen LogP contribution in [0.5, 0.6) is 0 Å². The Hall–Kier alpha value is -1.11. The molecule has 1 aliphatic carbocycles. The molecule has 1 heteroatoms. The Morgan fingerprint density at radius 2 is 1.58 bits per heavy atom. The first kappa shape index (κ1) is 8.98. The molecular weight excluding hydrogens is 148 g/mol. The highest BCUT2D eigenvalue weighted by Gasteiger charge is 2.24. The topological polar surface area (TPSA) is 17.1 Å². The fourth-order valence-electron chi connectivity index (χ4n) is 1.13. The van der Waals surface area contributed by atoms with Crippen LogP contribution < -0.4 is 0 Å². The molecule has 1 aliphatic rings. The average Bonchev–Trinajstić information content (AvgIpc) is 2.32. The highest BCUT2D eigenvalue weighted by Crippen LogP contribution is 2.27. The first-order chi connectivity index (χ1) is 5.67. The Morgan fingerprint density at radius 1 is 1.08 bits per heavy atom. The molecule has 0 N–H and O–H groups in total. The van der Waals surface area contributed by atoms with Gasteiger partial charge in [-0.25, -0.2) is 0 Å². The molecule has 0 amide bonds. The van der Waals surface area contributed by atoms with Gasteiger partial charge in [-0.3, -0.25) is 0 Å². The minimum atomic E-state index is -0.293. The molecule has 0 atom stereocenters. The molecule has 1 nitrogen and oxygen atoms in total. The summed E-state index contributed by atoms with van der Waals surface area (Å²) in [5.41, 5.74) is -0.293. The summed E-state index contributed by atoms with van der Waals surface area (Å²) in [5.74, 6) is 0.213. The lowest BCUT2D eigenvalue weighted by atomic mass is 9.80. The molecule has 0 bridgehead atoms. The molecule has 0 aromatic heterocycles. The Labute approximate surface area is 73.5 Å². The number of carbonyl (C=O) groups excluding carboxylic acids is 1. The lowest BCUT2D eigenvalue weighted by Gasteiger charge is -2.22. The third-order valence-electron chi connectivity index (χ3n) is 2.13. The standard InChI is InChI=1S/C11H14O/c1-11(2,9-12)10-7-5-3-4-6-8-10/h3-10H,1-2H3. The van der Waals surface area contributed by atoms with Gasteiger partial charge in [-0.1, -0.05) is 50.3 Å². The van der Waals surface area contributed by atoms with Crippen molar-refractivity contribution in [1.29, 1.82) is 0 Å². The highest BCUT2D eigenvalue weighted by atomic mass is 16.1. The van der Waals surface area contributed by atoms with E-state index < -0.39 is 0 Å². The van der Waals surface area contributed by atoms with E-state index in [1.165, 1.54) is 0 Å². The Kier molecular flexibility index (Phi) is 2.64. The number of hydrogen-bond acceptors (Lipinski definition) is 1. The van der Waals surface area contributed by atoms with E-state index in [0.29, 0.717) is 0 Å². The van der Waals surface area contributed by atoms with Gasteiger partial charge >= 0.3 is 0 Å². The van der Waals surface area contributed by atoms with Crippen LogP contribution in [-0.2, 0) is 4.79 Å². The second-order valence-corrected chi connectivity index (χ2v) is 3.62. The molecule has 1 rings (SSSR count). The fraction of sp³-hybridized carbons (Fsp3) is 0.364. The van der Waals surface area contributed by atoms with E-state index in [9.17, 15) is 4.79 Å². The van der Waals surface area contributed by atoms with Gasteiger partial charge in [0.15, 0.2) is 0 Å². The van der Waals surface area contributed by atoms with Crippen LogP contribution in [0.1, 0.15) is 13.8 Å². The van der Waals surface area contributed by atoms with Crippen LogP contribution in [0.3, 0.4) is 0 Å². The van der Waals surface area contributed by atoms with Gasteiger partial charge in [-0.2, -0.15) is 0 Å². The van der Waals surface area contributed by atoms with Crippen molar-refractivity contribution in [2.24, 2.45) is 11.3 Å². The van der Waals surface area contributed by atoms with Crippen molar-refractivity contribution < 1.29 is 4.79 Å². The van der Waals surface area contributed by atoms with Crippen LogP contribution in [0, 0.1) is 11.3 Å². The van der Waals surface area contributed by atoms with Gasteiger partial charge in [-0.15, -0.1) is 0 Å². The molecular formula is C11H14O. The summed E-state index contributed by atoms with van der Waals surface area (Å²) in [4.78, 5) is 10.7. The molecule has 0 saturated heterocycles. The Morgan fingerprint density at radius 3 is 2.00 bits per heavy atom. The van der Waals surface area contributed by atoms with Crippen molar-refractivity contribution in [3.8, 4) is 0 Å². The SMILES string of the molecule is CC(C)(C=O)C1C=CC=CC=C1. The van der Waals surface area contributed by atoms with Crippen LogP contribution >= 0.6 is 0 Å². The van der Waals surface area contributed by atoms with Crippen molar-refractivity contribution in [2.45, 2.75) is 13.8 Å². The molecule has 0 aromatic carbocycles. The predicted octanol–water partition coefficient (Wildman–Crippen LogP) is 2.51. The summed E-state index contributed by atoms with van der Waals surface area (Å²) < 4.78 is 0. The summed E-state index contributed by atoms with van der Waals surface area (Å²) in [6.07, 6.45) is 13.0. The van der Waals surface area contributed by atoms with E-state index >= 15 is 0 Å². The maximum Gasteiger partial charge on any atom is 0.126 e. The first-order valence-electron chi connectivity index (χ1n) is 4.15. The second kappa shape index (κ2) is 3.53. The fourth-order valence-corrected chi connectivity index (χ4v) is 1.13. The van der Waals surface area contributed by atoms with Gasteiger partial charge in [0.2, 0.25) is 0 Å². The number of rotatable bonds is 2. The highest BCUT2D eigenvalue weighted by molar-refractivity contribution is 5.60. The Bertz CT molecular complexity index is 228. The molecule has 0 heterocycles. The van der Waals surface area contributed by atoms with Crippen molar-refractivity contribution in [2.75, 3.05) is 0 Å². The second-order valence-electron chi connectivity index (χ2n) is 3.62. The summed E-state index contributed by atoms with van der Waals surface area (Å²) in [6.45, 7) is 3.90. The monoisotopic (exact) mass is 162 g/mol. The molecule has 0 radical (unpaired) electrons. The zero-order valence-electron chi connectivity index (χ0n) is 7.53. The van der Waals surface area contributed by atoms with Crippen LogP contribution in [0.2, 0.25) is 0 Å². The van der Waals surface area contributed by atoms with Crippen molar-refractivity contribution in [1.82, 2.24) is 0 Å². The molecule has 0 aliphatic heterocycles. The van der Waals surface area contributed by atoms with Crippen LogP contribution in [0.25, 0.3) is 0 Å². The third kappa shape index (κ3) is 1.94. The largest absolute Gasteiger partial charge is 0.303 e. The van der Waals surface area contributed by atoms with Gasteiger partial charge in [0.1, 0.15) is 6.29 Å². The van der Waals surface area contributed by atoms with Crippen LogP contribution in [-0.4, -0.2) is 6.29 Å². The normalized spacial score (nSPS) is 17.8. The quantitative estimate of drug-likeness (QED) is 0.570. The van der Waals surface area contributed by atoms with Crippen molar-refractivity contribution in [3.63, 3.8) is 0 Å². The summed E-state index contributed by atoms with van der Waals surface area (Å²) in [5, 5.41) is 0. The number of aldehydes is 1. The summed E-state index contributed by atoms with van der Waals surface area (Å²) >= 11 is 0. The smallest absolute Gasteiger partial charge is 0.126 e. The maximum atomic E-state index is 10.7. The third-order valence-corrected chi connectivity index (χ3v) is 2.13. The van der Waals surface area contributed by atoms with Crippen LogP contribution in [0.15, 0.2) is 36.5 Å². The predicted molar refractivity (Wildman–Crippen MR) is 50.8 cm³/mol. The molecule has 0 aromatic rings. The minimum absolute atomic E-state index is 0.213.